The summed E-state index contributed by atoms with van der Waals surface area (Å²) in [5, 5.41) is 2.65. The highest BCUT2D eigenvalue weighted by Gasteiger charge is 2.02. The Kier molecular flexibility index (Phi) is 5.93. The van der Waals surface area contributed by atoms with E-state index in [1.165, 1.54) is 0 Å². The maximum Gasteiger partial charge on any atom is 0.411 e. The first-order chi connectivity index (χ1) is 8.26. The fourth-order valence-electron chi connectivity index (χ4n) is 1.26. The molecule has 94 valence electrons. The molecule has 1 rings (SSSR count). The number of rotatable bonds is 6. The topological polar surface area (TPSA) is 47.6 Å². The zero-order chi connectivity index (χ0) is 12.5. The van der Waals surface area contributed by atoms with E-state index in [9.17, 15) is 4.79 Å². The van der Waals surface area contributed by atoms with E-state index in [0.717, 1.165) is 18.6 Å². The Balaban J connectivity index is 2.37. The number of amides is 1. The summed E-state index contributed by atoms with van der Waals surface area (Å²) in [6, 6.07) is 7.19. The van der Waals surface area contributed by atoms with E-state index in [1.54, 1.807) is 12.1 Å². The van der Waals surface area contributed by atoms with Crippen molar-refractivity contribution < 1.29 is 14.3 Å². The first-order valence-electron chi connectivity index (χ1n) is 5.93. The second-order valence-corrected chi connectivity index (χ2v) is 3.57. The molecule has 0 aliphatic heterocycles. The normalized spacial score (nSPS) is 9.76. The number of benzene rings is 1. The number of unbranched alkanes of at least 4 members (excludes halogenated alkanes) is 1. The molecule has 4 nitrogen and oxygen atoms in total. The molecule has 0 aliphatic carbocycles. The molecule has 0 aliphatic rings. The zero-order valence-electron chi connectivity index (χ0n) is 10.4. The number of carbonyl (C=O) groups excluding carboxylic acids is 1. The minimum Gasteiger partial charge on any atom is -0.494 e. The van der Waals surface area contributed by atoms with Crippen molar-refractivity contribution in [1.82, 2.24) is 0 Å². The van der Waals surface area contributed by atoms with E-state index in [0.29, 0.717) is 18.9 Å². The van der Waals surface area contributed by atoms with Gasteiger partial charge in [0.05, 0.1) is 13.2 Å². The van der Waals surface area contributed by atoms with Crippen molar-refractivity contribution in [2.24, 2.45) is 0 Å². The minimum absolute atomic E-state index is 0.414. The van der Waals surface area contributed by atoms with Gasteiger partial charge in [-0.25, -0.2) is 4.79 Å². The zero-order valence-corrected chi connectivity index (χ0v) is 10.4. The Morgan fingerprint density at radius 2 is 1.94 bits per heavy atom. The van der Waals surface area contributed by atoms with Gasteiger partial charge in [-0.15, -0.1) is 0 Å². The van der Waals surface area contributed by atoms with E-state index < -0.39 is 6.09 Å². The number of hydrogen-bond acceptors (Lipinski definition) is 3. The van der Waals surface area contributed by atoms with E-state index in [4.69, 9.17) is 9.47 Å². The minimum atomic E-state index is -0.414. The van der Waals surface area contributed by atoms with Gasteiger partial charge in [0.25, 0.3) is 0 Å². The summed E-state index contributed by atoms with van der Waals surface area (Å²) in [4.78, 5) is 11.3. The van der Waals surface area contributed by atoms with Gasteiger partial charge in [0, 0.05) is 5.69 Å². The van der Waals surface area contributed by atoms with Crippen LogP contribution in [-0.4, -0.2) is 19.3 Å². The molecule has 1 amide bonds. The molecule has 17 heavy (non-hydrogen) atoms. The maximum atomic E-state index is 11.3. The molecule has 4 heteroatoms. The molecule has 0 spiro atoms. The van der Waals surface area contributed by atoms with Gasteiger partial charge in [0.2, 0.25) is 0 Å². The first kappa shape index (κ1) is 13.4. The maximum absolute atomic E-state index is 11.3. The monoisotopic (exact) mass is 237 g/mol. The number of nitrogens with one attached hydrogen (secondary N) is 1. The Labute approximate surface area is 102 Å². The molecule has 0 atom stereocenters. The van der Waals surface area contributed by atoms with Crippen LogP contribution in [0.15, 0.2) is 24.3 Å². The van der Waals surface area contributed by atoms with Crippen molar-refractivity contribution in [2.45, 2.75) is 26.7 Å². The second kappa shape index (κ2) is 7.54. The summed E-state index contributed by atoms with van der Waals surface area (Å²) < 4.78 is 10.3. The molecule has 0 radical (unpaired) electrons. The van der Waals surface area contributed by atoms with Crippen LogP contribution in [0.3, 0.4) is 0 Å². The molecule has 1 N–H and O–H groups in total. The number of anilines is 1. The standard InChI is InChI=1S/C13H19NO3/c1-3-5-10-17-13(15)14-11-6-8-12(9-7-11)16-4-2/h6-9H,3-5,10H2,1-2H3,(H,14,15). The highest BCUT2D eigenvalue weighted by molar-refractivity contribution is 5.84. The Hall–Kier alpha value is -1.71. The van der Waals surface area contributed by atoms with Crippen LogP contribution in [-0.2, 0) is 4.74 Å². The van der Waals surface area contributed by atoms with Crippen LogP contribution in [0.1, 0.15) is 26.7 Å². The van der Waals surface area contributed by atoms with Gasteiger partial charge in [-0.1, -0.05) is 13.3 Å². The smallest absolute Gasteiger partial charge is 0.411 e. The predicted octanol–water partition coefficient (Wildman–Crippen LogP) is 3.43. The van der Waals surface area contributed by atoms with Crippen LogP contribution >= 0.6 is 0 Å². The summed E-state index contributed by atoms with van der Waals surface area (Å²) in [5.74, 6) is 0.789. The van der Waals surface area contributed by atoms with E-state index in [2.05, 4.69) is 5.32 Å². The van der Waals surface area contributed by atoms with E-state index in [-0.39, 0.29) is 0 Å². The quantitative estimate of drug-likeness (QED) is 0.771. The summed E-state index contributed by atoms with van der Waals surface area (Å²) in [7, 11) is 0. The molecular weight excluding hydrogens is 218 g/mol. The van der Waals surface area contributed by atoms with Crippen LogP contribution < -0.4 is 10.1 Å². The number of hydrogen-bond donors (Lipinski definition) is 1. The van der Waals surface area contributed by atoms with Gasteiger partial charge in [-0.2, -0.15) is 0 Å². The molecule has 1 aromatic carbocycles. The predicted molar refractivity (Wildman–Crippen MR) is 67.5 cm³/mol. The van der Waals surface area contributed by atoms with Gasteiger partial charge in [-0.3, -0.25) is 5.32 Å². The fourth-order valence-corrected chi connectivity index (χ4v) is 1.26. The van der Waals surface area contributed by atoms with Crippen molar-refractivity contribution in [2.75, 3.05) is 18.5 Å². The molecule has 0 saturated heterocycles. The van der Waals surface area contributed by atoms with Gasteiger partial charge in [0.1, 0.15) is 5.75 Å². The summed E-state index contributed by atoms with van der Waals surface area (Å²) in [5.41, 5.74) is 0.704. The Morgan fingerprint density at radius 1 is 1.24 bits per heavy atom. The average molecular weight is 237 g/mol. The van der Waals surface area contributed by atoms with Crippen LogP contribution in [0.4, 0.5) is 10.5 Å². The fraction of sp³-hybridized carbons (Fsp3) is 0.462. The van der Waals surface area contributed by atoms with Crippen molar-refractivity contribution in [3.05, 3.63) is 24.3 Å². The van der Waals surface area contributed by atoms with Crippen molar-refractivity contribution in [3.8, 4) is 5.75 Å². The van der Waals surface area contributed by atoms with E-state index in [1.807, 2.05) is 26.0 Å². The summed E-state index contributed by atoms with van der Waals surface area (Å²) in [6.45, 7) is 5.07. The molecule has 1 aromatic rings. The Morgan fingerprint density at radius 3 is 2.53 bits per heavy atom. The lowest BCUT2D eigenvalue weighted by molar-refractivity contribution is 0.160. The van der Waals surface area contributed by atoms with Crippen LogP contribution in [0, 0.1) is 0 Å². The molecule has 0 aromatic heterocycles. The lowest BCUT2D eigenvalue weighted by atomic mass is 10.3. The van der Waals surface area contributed by atoms with Crippen LogP contribution in [0.2, 0.25) is 0 Å². The first-order valence-corrected chi connectivity index (χ1v) is 5.93. The third-order valence-corrected chi connectivity index (χ3v) is 2.14. The number of ether oxygens (including phenoxy) is 2. The number of carbonyl (C=O) groups is 1. The largest absolute Gasteiger partial charge is 0.494 e. The average Bonchev–Trinajstić information content (AvgIpc) is 2.32. The van der Waals surface area contributed by atoms with Crippen LogP contribution in [0.5, 0.6) is 5.75 Å². The molecule has 0 bridgehead atoms. The molecule has 0 heterocycles. The van der Waals surface area contributed by atoms with Crippen molar-refractivity contribution >= 4 is 11.8 Å². The van der Waals surface area contributed by atoms with Gasteiger partial charge >= 0.3 is 6.09 Å². The summed E-state index contributed by atoms with van der Waals surface area (Å²) >= 11 is 0. The van der Waals surface area contributed by atoms with E-state index >= 15 is 0 Å². The second-order valence-electron chi connectivity index (χ2n) is 3.57. The third-order valence-electron chi connectivity index (χ3n) is 2.14. The van der Waals surface area contributed by atoms with Crippen molar-refractivity contribution in [3.63, 3.8) is 0 Å². The SMILES string of the molecule is CCCCOC(=O)Nc1ccc(OCC)cc1. The van der Waals surface area contributed by atoms with Crippen LogP contribution in [0.25, 0.3) is 0 Å². The van der Waals surface area contributed by atoms with Crippen molar-refractivity contribution in [1.29, 1.82) is 0 Å². The van der Waals surface area contributed by atoms with Gasteiger partial charge in [0.15, 0.2) is 0 Å². The molecule has 0 fully saturated rings. The summed E-state index contributed by atoms with van der Waals surface area (Å²) in [6.07, 6.45) is 1.48. The highest BCUT2D eigenvalue weighted by Crippen LogP contribution is 2.15. The molecular formula is C13H19NO3. The van der Waals surface area contributed by atoms with Gasteiger partial charge < -0.3 is 9.47 Å². The highest BCUT2D eigenvalue weighted by atomic mass is 16.5. The Bertz CT molecular complexity index is 335. The molecule has 0 saturated carbocycles. The lowest BCUT2D eigenvalue weighted by Gasteiger charge is -2.07. The lowest BCUT2D eigenvalue weighted by Crippen LogP contribution is -2.14. The third kappa shape index (κ3) is 5.24. The van der Waals surface area contributed by atoms with Gasteiger partial charge in [-0.05, 0) is 37.6 Å². The molecule has 0 unspecified atom stereocenters.